The van der Waals surface area contributed by atoms with Gasteiger partial charge in [-0.2, -0.15) is 0 Å². The summed E-state index contributed by atoms with van der Waals surface area (Å²) in [4.78, 5) is 24.7. The van der Waals surface area contributed by atoms with Crippen molar-refractivity contribution < 1.29 is 9.53 Å². The molecule has 2 heterocycles. The van der Waals surface area contributed by atoms with E-state index in [2.05, 4.69) is 9.97 Å². The summed E-state index contributed by atoms with van der Waals surface area (Å²) in [6.45, 7) is 5.48. The fourth-order valence-corrected chi connectivity index (χ4v) is 2.59. The van der Waals surface area contributed by atoms with Crippen molar-refractivity contribution in [3.8, 4) is 5.75 Å². The molecule has 0 N–H and O–H groups in total. The molecule has 0 spiro atoms. The quantitative estimate of drug-likeness (QED) is 0.857. The number of anilines is 1. The maximum atomic E-state index is 11.9. The van der Waals surface area contributed by atoms with Gasteiger partial charge in [0.15, 0.2) is 0 Å². The first-order valence-electron chi connectivity index (χ1n) is 6.97. The smallest absolute Gasteiger partial charge is 0.243 e. The molecule has 0 unspecified atom stereocenters. The van der Waals surface area contributed by atoms with Crippen LogP contribution in [0, 0.1) is 6.92 Å². The number of methoxy groups -OCH3 is 1. The summed E-state index contributed by atoms with van der Waals surface area (Å²) in [6, 6.07) is 5.72. The average molecular weight is 286 g/mol. The van der Waals surface area contributed by atoms with Crippen LogP contribution in [0.1, 0.15) is 12.7 Å². The number of carbonyl (C=O) groups excluding carboxylic acids is 1. The topological polar surface area (TPSA) is 58.6 Å². The van der Waals surface area contributed by atoms with Crippen LogP contribution in [-0.4, -0.2) is 47.6 Å². The van der Waals surface area contributed by atoms with Crippen molar-refractivity contribution in [1.29, 1.82) is 0 Å². The Morgan fingerprint density at radius 1 is 1.33 bits per heavy atom. The molecular weight excluding hydrogens is 268 g/mol. The van der Waals surface area contributed by atoms with Crippen LogP contribution in [0.15, 0.2) is 18.2 Å². The molecule has 110 valence electrons. The van der Waals surface area contributed by atoms with Crippen molar-refractivity contribution >= 4 is 22.6 Å². The largest absolute Gasteiger partial charge is 0.497 e. The third-order valence-electron chi connectivity index (χ3n) is 3.70. The molecule has 1 amide bonds. The van der Waals surface area contributed by atoms with Gasteiger partial charge < -0.3 is 14.5 Å². The molecule has 2 aromatic rings. The molecule has 0 atom stereocenters. The summed E-state index contributed by atoms with van der Waals surface area (Å²) < 4.78 is 5.28. The van der Waals surface area contributed by atoms with E-state index in [0.717, 1.165) is 22.5 Å². The predicted octanol–water partition coefficient (Wildman–Crippen LogP) is 1.57. The Balaban J connectivity index is 2.10. The maximum absolute atomic E-state index is 11.9. The highest BCUT2D eigenvalue weighted by molar-refractivity contribution is 5.94. The molecule has 0 saturated carbocycles. The highest BCUT2D eigenvalue weighted by atomic mass is 16.5. The fraction of sp³-hybridized carbons (Fsp3) is 0.400. The number of aromatic nitrogens is 2. The van der Waals surface area contributed by atoms with Gasteiger partial charge in [-0.25, -0.2) is 9.97 Å². The fourth-order valence-electron chi connectivity index (χ4n) is 2.59. The number of rotatable bonds is 3. The number of hydrogen-bond donors (Lipinski definition) is 0. The van der Waals surface area contributed by atoms with E-state index in [4.69, 9.17) is 4.74 Å². The SMILES string of the molecule is CCN1CN(c2nc(C)nc3ccc(OC)cc23)CC1=O. The van der Waals surface area contributed by atoms with E-state index < -0.39 is 0 Å². The number of aryl methyl sites for hydroxylation is 1. The summed E-state index contributed by atoms with van der Waals surface area (Å²) >= 11 is 0. The molecule has 6 nitrogen and oxygen atoms in total. The van der Waals surface area contributed by atoms with Gasteiger partial charge in [0.25, 0.3) is 0 Å². The molecule has 1 aromatic carbocycles. The van der Waals surface area contributed by atoms with E-state index in [-0.39, 0.29) is 5.91 Å². The lowest BCUT2D eigenvalue weighted by molar-refractivity contribution is -0.126. The number of fused-ring (bicyclic) bond motifs is 1. The van der Waals surface area contributed by atoms with Gasteiger partial charge in [-0.1, -0.05) is 0 Å². The number of ether oxygens (including phenoxy) is 1. The zero-order valence-electron chi connectivity index (χ0n) is 12.5. The summed E-state index contributed by atoms with van der Waals surface area (Å²) in [7, 11) is 1.63. The third-order valence-corrected chi connectivity index (χ3v) is 3.70. The Kier molecular flexibility index (Phi) is 3.37. The van der Waals surface area contributed by atoms with Crippen LogP contribution in [0.5, 0.6) is 5.75 Å². The molecule has 6 heteroatoms. The molecule has 1 fully saturated rings. The minimum Gasteiger partial charge on any atom is -0.497 e. The van der Waals surface area contributed by atoms with E-state index in [1.165, 1.54) is 0 Å². The summed E-state index contributed by atoms with van der Waals surface area (Å²) in [5.41, 5.74) is 0.862. The number of likely N-dealkylation sites (N-methyl/N-ethyl adjacent to an activating group) is 1. The van der Waals surface area contributed by atoms with Gasteiger partial charge in [0, 0.05) is 11.9 Å². The first-order valence-corrected chi connectivity index (χ1v) is 6.97. The van der Waals surface area contributed by atoms with Crippen LogP contribution < -0.4 is 9.64 Å². The lowest BCUT2D eigenvalue weighted by Crippen LogP contribution is -2.27. The normalized spacial score (nSPS) is 15.1. The minimum atomic E-state index is 0.129. The predicted molar refractivity (Wildman–Crippen MR) is 80.4 cm³/mol. The molecule has 3 rings (SSSR count). The molecule has 1 aliphatic rings. The molecular formula is C15H18N4O2. The standard InChI is InChI=1S/C15H18N4O2/c1-4-18-9-19(8-14(18)20)15-12-7-11(21-3)5-6-13(12)16-10(2)17-15/h5-7H,4,8-9H2,1-3H3. The van der Waals surface area contributed by atoms with Crippen molar-refractivity contribution in [2.75, 3.05) is 31.8 Å². The van der Waals surface area contributed by atoms with Gasteiger partial charge in [0.05, 0.1) is 19.3 Å². The average Bonchev–Trinajstić information content (AvgIpc) is 2.86. The lowest BCUT2D eigenvalue weighted by Gasteiger charge is -2.19. The van der Waals surface area contributed by atoms with E-state index in [1.807, 2.05) is 41.8 Å². The van der Waals surface area contributed by atoms with Crippen molar-refractivity contribution in [3.05, 3.63) is 24.0 Å². The Morgan fingerprint density at radius 2 is 2.14 bits per heavy atom. The number of benzene rings is 1. The summed E-state index contributed by atoms with van der Waals surface area (Å²) in [5.74, 6) is 2.38. The molecule has 21 heavy (non-hydrogen) atoms. The number of amides is 1. The van der Waals surface area contributed by atoms with Crippen molar-refractivity contribution in [3.63, 3.8) is 0 Å². The number of carbonyl (C=O) groups is 1. The summed E-state index contributed by atoms with van der Waals surface area (Å²) in [6.07, 6.45) is 0. The van der Waals surface area contributed by atoms with Crippen LogP contribution in [0.2, 0.25) is 0 Å². The lowest BCUT2D eigenvalue weighted by atomic mass is 10.2. The van der Waals surface area contributed by atoms with Crippen LogP contribution in [0.4, 0.5) is 5.82 Å². The Labute approximate surface area is 123 Å². The zero-order chi connectivity index (χ0) is 15.0. The van der Waals surface area contributed by atoms with Crippen LogP contribution >= 0.6 is 0 Å². The van der Waals surface area contributed by atoms with Gasteiger partial charge in [0.2, 0.25) is 5.91 Å². The van der Waals surface area contributed by atoms with Gasteiger partial charge in [-0.3, -0.25) is 4.79 Å². The van der Waals surface area contributed by atoms with Gasteiger partial charge in [0.1, 0.15) is 23.9 Å². The van der Waals surface area contributed by atoms with Crippen molar-refractivity contribution in [2.45, 2.75) is 13.8 Å². The molecule has 1 aromatic heterocycles. The van der Waals surface area contributed by atoms with Crippen LogP contribution in [0.25, 0.3) is 10.9 Å². The maximum Gasteiger partial charge on any atom is 0.243 e. The van der Waals surface area contributed by atoms with Gasteiger partial charge in [-0.05, 0) is 32.0 Å². The highest BCUT2D eigenvalue weighted by Crippen LogP contribution is 2.29. The monoisotopic (exact) mass is 286 g/mol. The first-order chi connectivity index (χ1) is 10.1. The van der Waals surface area contributed by atoms with Crippen LogP contribution in [-0.2, 0) is 4.79 Å². The van der Waals surface area contributed by atoms with Crippen molar-refractivity contribution in [1.82, 2.24) is 14.9 Å². The van der Waals surface area contributed by atoms with Gasteiger partial charge in [-0.15, -0.1) is 0 Å². The van der Waals surface area contributed by atoms with Gasteiger partial charge >= 0.3 is 0 Å². The van der Waals surface area contributed by atoms with E-state index in [9.17, 15) is 4.79 Å². The summed E-state index contributed by atoms with van der Waals surface area (Å²) in [5, 5.41) is 0.908. The molecule has 0 bridgehead atoms. The number of nitrogens with zero attached hydrogens (tertiary/aromatic N) is 4. The molecule has 0 aliphatic carbocycles. The second kappa shape index (κ2) is 5.20. The van der Waals surface area contributed by atoms with E-state index in [1.54, 1.807) is 7.11 Å². The molecule has 1 saturated heterocycles. The Bertz CT molecular complexity index is 701. The van der Waals surface area contributed by atoms with Crippen LogP contribution in [0.3, 0.4) is 0 Å². The second-order valence-corrected chi connectivity index (χ2v) is 5.07. The van der Waals surface area contributed by atoms with Crippen molar-refractivity contribution in [2.24, 2.45) is 0 Å². The molecule has 0 radical (unpaired) electrons. The third kappa shape index (κ3) is 2.37. The van der Waals surface area contributed by atoms with E-state index >= 15 is 0 Å². The Hall–Kier alpha value is -2.37. The number of hydrogen-bond acceptors (Lipinski definition) is 5. The van der Waals surface area contributed by atoms with E-state index in [0.29, 0.717) is 25.6 Å². The minimum absolute atomic E-state index is 0.129. The second-order valence-electron chi connectivity index (χ2n) is 5.07. The zero-order valence-corrected chi connectivity index (χ0v) is 12.5. The molecule has 1 aliphatic heterocycles. The first kappa shape index (κ1) is 13.6. The highest BCUT2D eigenvalue weighted by Gasteiger charge is 2.28. The Morgan fingerprint density at radius 3 is 2.81 bits per heavy atom.